The minimum Gasteiger partial charge on any atom is -0.382 e. The second kappa shape index (κ2) is 8.55. The molecule has 0 spiro atoms. The molecule has 0 aliphatic heterocycles. The highest BCUT2D eigenvalue weighted by Crippen LogP contribution is 2.22. The second-order valence-corrected chi connectivity index (χ2v) is 6.97. The van der Waals surface area contributed by atoms with E-state index in [1.165, 1.54) is 4.68 Å². The van der Waals surface area contributed by atoms with Crippen LogP contribution in [0.1, 0.15) is 32.7 Å². The van der Waals surface area contributed by atoms with Crippen LogP contribution in [0.25, 0.3) is 0 Å². The molecule has 2 aromatic carbocycles. The Morgan fingerprint density at radius 3 is 2.38 bits per heavy atom. The van der Waals surface area contributed by atoms with Crippen molar-refractivity contribution >= 4 is 23.3 Å². The lowest BCUT2D eigenvalue weighted by molar-refractivity contribution is -0.116. The van der Waals surface area contributed by atoms with Gasteiger partial charge in [-0.05, 0) is 37.5 Å². The van der Waals surface area contributed by atoms with E-state index in [1.807, 2.05) is 63.2 Å². The number of nitrogens with zero attached hydrogens (tertiary/aromatic N) is 3. The molecule has 0 unspecified atom stereocenters. The predicted molar refractivity (Wildman–Crippen MR) is 111 cm³/mol. The van der Waals surface area contributed by atoms with Gasteiger partial charge in [-0.1, -0.05) is 53.2 Å². The summed E-state index contributed by atoms with van der Waals surface area (Å²) in [6.45, 7) is 6.09. The van der Waals surface area contributed by atoms with E-state index in [0.29, 0.717) is 6.54 Å². The molecule has 0 saturated carbocycles. The molecule has 8 heteroatoms. The molecule has 8 nitrogen and oxygen atoms in total. The monoisotopic (exact) mass is 392 g/mol. The number of amides is 2. The number of anilines is 2. The van der Waals surface area contributed by atoms with Crippen LogP contribution in [-0.4, -0.2) is 26.8 Å². The van der Waals surface area contributed by atoms with Gasteiger partial charge < -0.3 is 16.4 Å². The average Bonchev–Trinajstić information content (AvgIpc) is 3.04. The number of carbonyl (C=O) groups excluding carboxylic acids is 2. The van der Waals surface area contributed by atoms with Gasteiger partial charge in [0.25, 0.3) is 5.91 Å². The molecule has 0 radical (unpaired) electrons. The summed E-state index contributed by atoms with van der Waals surface area (Å²) in [6.07, 6.45) is 0. The van der Waals surface area contributed by atoms with Crippen LogP contribution in [0, 0.1) is 20.8 Å². The maximum absolute atomic E-state index is 12.5. The number of carbonyl (C=O) groups is 2. The lowest BCUT2D eigenvalue weighted by Crippen LogP contribution is -2.25. The largest absolute Gasteiger partial charge is 0.382 e. The summed E-state index contributed by atoms with van der Waals surface area (Å²) in [5, 5.41) is 13.3. The van der Waals surface area contributed by atoms with Crippen molar-refractivity contribution in [2.45, 2.75) is 33.9 Å². The zero-order valence-electron chi connectivity index (χ0n) is 16.7. The van der Waals surface area contributed by atoms with Crippen molar-refractivity contribution in [1.29, 1.82) is 0 Å². The third-order valence-electron chi connectivity index (χ3n) is 4.52. The molecule has 29 heavy (non-hydrogen) atoms. The van der Waals surface area contributed by atoms with Gasteiger partial charge in [-0.2, -0.15) is 0 Å². The normalized spacial score (nSPS) is 10.6. The number of nitrogen functional groups attached to an aromatic ring is 1. The van der Waals surface area contributed by atoms with E-state index in [2.05, 4.69) is 20.9 Å². The fourth-order valence-corrected chi connectivity index (χ4v) is 3.15. The van der Waals surface area contributed by atoms with Crippen LogP contribution < -0.4 is 16.4 Å². The van der Waals surface area contributed by atoms with Crippen molar-refractivity contribution in [2.24, 2.45) is 0 Å². The molecular weight excluding hydrogens is 368 g/mol. The van der Waals surface area contributed by atoms with E-state index >= 15 is 0 Å². The summed E-state index contributed by atoms with van der Waals surface area (Å²) < 4.78 is 1.21. The number of nitrogens with two attached hydrogens (primary N) is 1. The van der Waals surface area contributed by atoms with Gasteiger partial charge in [0.2, 0.25) is 5.91 Å². The highest BCUT2D eigenvalue weighted by atomic mass is 16.2. The SMILES string of the molecule is Cc1cc(C)c(NC(=O)Cn2nnc(C(=O)NCc3ccccc3)c2N)c(C)c1. The summed E-state index contributed by atoms with van der Waals surface area (Å²) >= 11 is 0. The van der Waals surface area contributed by atoms with Crippen molar-refractivity contribution in [1.82, 2.24) is 20.3 Å². The van der Waals surface area contributed by atoms with Gasteiger partial charge in [-0.3, -0.25) is 9.59 Å². The molecule has 0 atom stereocenters. The van der Waals surface area contributed by atoms with Crippen molar-refractivity contribution in [2.75, 3.05) is 11.1 Å². The lowest BCUT2D eigenvalue weighted by Gasteiger charge is -2.13. The maximum atomic E-state index is 12.5. The van der Waals surface area contributed by atoms with E-state index in [-0.39, 0.29) is 24.0 Å². The van der Waals surface area contributed by atoms with Gasteiger partial charge in [0.05, 0.1) is 0 Å². The number of hydrogen-bond donors (Lipinski definition) is 3. The molecule has 1 aromatic heterocycles. The summed E-state index contributed by atoms with van der Waals surface area (Å²) in [5.74, 6) is -0.695. The van der Waals surface area contributed by atoms with E-state index in [1.54, 1.807) is 0 Å². The maximum Gasteiger partial charge on any atom is 0.275 e. The smallest absolute Gasteiger partial charge is 0.275 e. The Kier molecular flexibility index (Phi) is 5.92. The number of rotatable bonds is 6. The third-order valence-corrected chi connectivity index (χ3v) is 4.52. The Hall–Kier alpha value is -3.68. The Morgan fingerprint density at radius 2 is 1.72 bits per heavy atom. The van der Waals surface area contributed by atoms with Crippen LogP contribution >= 0.6 is 0 Å². The lowest BCUT2D eigenvalue weighted by atomic mass is 10.1. The van der Waals surface area contributed by atoms with E-state index in [0.717, 1.165) is 27.9 Å². The molecule has 0 bridgehead atoms. The molecule has 3 aromatic rings. The zero-order chi connectivity index (χ0) is 21.0. The first-order valence-corrected chi connectivity index (χ1v) is 9.24. The minimum absolute atomic E-state index is 0.00331. The van der Waals surface area contributed by atoms with Gasteiger partial charge in [0.15, 0.2) is 11.5 Å². The number of aromatic nitrogens is 3. The van der Waals surface area contributed by atoms with Crippen LogP contribution in [0.5, 0.6) is 0 Å². The van der Waals surface area contributed by atoms with Gasteiger partial charge in [0, 0.05) is 12.2 Å². The second-order valence-electron chi connectivity index (χ2n) is 6.97. The van der Waals surface area contributed by atoms with Crippen LogP contribution in [0.4, 0.5) is 11.5 Å². The Morgan fingerprint density at radius 1 is 1.07 bits per heavy atom. The van der Waals surface area contributed by atoms with Gasteiger partial charge in [-0.15, -0.1) is 5.10 Å². The van der Waals surface area contributed by atoms with Crippen LogP contribution in [0.3, 0.4) is 0 Å². The van der Waals surface area contributed by atoms with Crippen molar-refractivity contribution in [3.8, 4) is 0 Å². The first kappa shape index (κ1) is 20.1. The van der Waals surface area contributed by atoms with E-state index in [9.17, 15) is 9.59 Å². The summed E-state index contributed by atoms with van der Waals surface area (Å²) in [4.78, 5) is 24.8. The number of aryl methyl sites for hydroxylation is 3. The molecular formula is C21H24N6O2. The number of hydrogen-bond acceptors (Lipinski definition) is 5. The minimum atomic E-state index is -0.441. The molecule has 0 aliphatic carbocycles. The molecule has 0 fully saturated rings. The topological polar surface area (TPSA) is 115 Å². The first-order valence-electron chi connectivity index (χ1n) is 9.24. The van der Waals surface area contributed by atoms with Gasteiger partial charge in [-0.25, -0.2) is 4.68 Å². The molecule has 3 rings (SSSR count). The van der Waals surface area contributed by atoms with Crippen molar-refractivity contribution in [3.63, 3.8) is 0 Å². The molecule has 4 N–H and O–H groups in total. The highest BCUT2D eigenvalue weighted by molar-refractivity contribution is 5.97. The fourth-order valence-electron chi connectivity index (χ4n) is 3.15. The van der Waals surface area contributed by atoms with Gasteiger partial charge >= 0.3 is 0 Å². The van der Waals surface area contributed by atoms with Gasteiger partial charge in [0.1, 0.15) is 6.54 Å². The number of benzene rings is 2. The van der Waals surface area contributed by atoms with Crippen LogP contribution in [-0.2, 0) is 17.9 Å². The van der Waals surface area contributed by atoms with Crippen LogP contribution in [0.2, 0.25) is 0 Å². The molecule has 150 valence electrons. The Balaban J connectivity index is 1.64. The molecule has 0 saturated heterocycles. The van der Waals surface area contributed by atoms with Crippen LogP contribution in [0.15, 0.2) is 42.5 Å². The molecule has 2 amide bonds. The highest BCUT2D eigenvalue weighted by Gasteiger charge is 2.19. The molecule has 1 heterocycles. The van der Waals surface area contributed by atoms with Crippen molar-refractivity contribution < 1.29 is 9.59 Å². The standard InChI is InChI=1S/C21H24N6O2/c1-13-9-14(2)18(15(3)10-13)24-17(28)12-27-20(22)19(25-26-27)21(29)23-11-16-7-5-4-6-8-16/h4-10H,11-12,22H2,1-3H3,(H,23,29)(H,24,28). The fraction of sp³-hybridized carbons (Fsp3) is 0.238. The zero-order valence-corrected chi connectivity index (χ0v) is 16.7. The summed E-state index contributed by atoms with van der Waals surface area (Å²) in [7, 11) is 0. The Labute approximate surface area is 169 Å². The quantitative estimate of drug-likeness (QED) is 0.596. The summed E-state index contributed by atoms with van der Waals surface area (Å²) in [5.41, 5.74) is 10.8. The third kappa shape index (κ3) is 4.78. The van der Waals surface area contributed by atoms with E-state index in [4.69, 9.17) is 5.73 Å². The van der Waals surface area contributed by atoms with Crippen molar-refractivity contribution in [3.05, 3.63) is 70.4 Å². The van der Waals surface area contributed by atoms with E-state index < -0.39 is 5.91 Å². The Bertz CT molecular complexity index is 1020. The predicted octanol–water partition coefficient (Wildman–Crippen LogP) is 2.35. The number of nitrogens with one attached hydrogen (secondary N) is 2. The first-order chi connectivity index (χ1) is 13.8. The molecule has 0 aliphatic rings. The average molecular weight is 392 g/mol. The summed E-state index contributed by atoms with van der Waals surface area (Å²) in [6, 6.07) is 13.5.